The Hall–Kier alpha value is -5.95. The molecule has 1 spiro atoms. The number of carbonyl (C=O) groups is 2. The molecule has 10 nitrogen and oxygen atoms in total. The molecule has 294 valence electrons. The van der Waals surface area contributed by atoms with Gasteiger partial charge < -0.3 is 23.6 Å². The van der Waals surface area contributed by atoms with Crippen molar-refractivity contribution < 1.29 is 28.3 Å². The van der Waals surface area contributed by atoms with Gasteiger partial charge in [-0.25, -0.2) is 0 Å². The minimum absolute atomic E-state index is 0.117. The first-order chi connectivity index (χ1) is 28.1. The summed E-state index contributed by atoms with van der Waals surface area (Å²) in [6.45, 7) is 5.84. The highest BCUT2D eigenvalue weighted by Gasteiger charge is 2.66. The number of anilines is 3. The van der Waals surface area contributed by atoms with Gasteiger partial charge in [-0.2, -0.15) is 0 Å². The van der Waals surface area contributed by atoms with Crippen molar-refractivity contribution >= 4 is 37.3 Å². The Morgan fingerprint density at radius 1 is 0.862 bits per heavy atom. The van der Waals surface area contributed by atoms with Crippen LogP contribution in [0.25, 0.3) is 0 Å². The van der Waals surface area contributed by atoms with E-state index in [1.807, 2.05) is 128 Å². The molecular weight excluding hydrogens is 750 g/mol. The quantitative estimate of drug-likeness (QED) is 0.109. The number of rotatable bonds is 10. The molecule has 1 fully saturated rings. The molecule has 1 saturated heterocycles. The number of carbonyl (C=O) groups excluding carboxylic acids is 2. The van der Waals surface area contributed by atoms with Crippen molar-refractivity contribution in [3.05, 3.63) is 162 Å². The fourth-order valence-electron chi connectivity index (χ4n) is 9.37. The first-order valence-electron chi connectivity index (χ1n) is 19.7. The lowest BCUT2D eigenvalue weighted by atomic mass is 9.82. The van der Waals surface area contributed by atoms with Crippen LogP contribution in [0.4, 0.5) is 21.2 Å². The molecule has 5 atom stereocenters. The molecule has 9 rings (SSSR count). The lowest BCUT2D eigenvalue weighted by Crippen LogP contribution is -2.45. The molecule has 1 N–H and O–H groups in total. The van der Waals surface area contributed by atoms with Crippen molar-refractivity contribution in [2.24, 2.45) is 5.92 Å². The molecule has 1 unspecified atom stereocenters. The number of benzene rings is 5. The second-order valence-corrected chi connectivity index (χ2v) is 19.7. The smallest absolute Gasteiger partial charge is 0.266 e. The van der Waals surface area contributed by atoms with Crippen molar-refractivity contribution in [3.63, 3.8) is 0 Å². The molecule has 4 heterocycles. The number of aromatic nitrogens is 3. The number of aliphatic hydroxyl groups is 1. The molecular formula is C46H44FN5O5Si. The first kappa shape index (κ1) is 37.6. The van der Waals surface area contributed by atoms with Gasteiger partial charge in [0.15, 0.2) is 11.4 Å². The van der Waals surface area contributed by atoms with E-state index in [-0.39, 0.29) is 30.9 Å². The van der Waals surface area contributed by atoms with Crippen molar-refractivity contribution in [1.82, 2.24) is 15.0 Å². The van der Waals surface area contributed by atoms with Gasteiger partial charge in [0.2, 0.25) is 8.41 Å². The molecule has 0 aliphatic carbocycles. The van der Waals surface area contributed by atoms with E-state index in [4.69, 9.17) is 9.47 Å². The monoisotopic (exact) mass is 793 g/mol. The maximum absolute atomic E-state index is 16.6. The molecule has 6 aromatic rings. The Morgan fingerprint density at radius 3 is 2.34 bits per heavy atom. The lowest BCUT2D eigenvalue weighted by molar-refractivity contribution is -0.146. The van der Waals surface area contributed by atoms with Crippen LogP contribution in [0.15, 0.2) is 134 Å². The molecule has 3 aliphatic heterocycles. The molecule has 3 aliphatic rings. The zero-order valence-electron chi connectivity index (χ0n) is 32.5. The third kappa shape index (κ3) is 6.32. The van der Waals surface area contributed by atoms with Gasteiger partial charge in [-0.1, -0.05) is 97.1 Å². The van der Waals surface area contributed by atoms with Crippen molar-refractivity contribution in [1.29, 1.82) is 0 Å². The Morgan fingerprint density at radius 2 is 1.57 bits per heavy atom. The average Bonchev–Trinajstić information content (AvgIpc) is 3.86. The number of halogens is 1. The van der Waals surface area contributed by atoms with Crippen LogP contribution in [-0.2, 0) is 28.2 Å². The third-order valence-electron chi connectivity index (χ3n) is 12.0. The van der Waals surface area contributed by atoms with Gasteiger partial charge in [0, 0.05) is 35.5 Å². The van der Waals surface area contributed by atoms with E-state index >= 15 is 8.90 Å². The van der Waals surface area contributed by atoms with E-state index in [1.54, 1.807) is 39.7 Å². The third-order valence-corrected chi connectivity index (χ3v) is 14.4. The van der Waals surface area contributed by atoms with Crippen LogP contribution in [0.1, 0.15) is 52.0 Å². The molecule has 5 aromatic carbocycles. The second kappa shape index (κ2) is 14.8. The summed E-state index contributed by atoms with van der Waals surface area (Å²) in [4.78, 5) is 32.7. The van der Waals surface area contributed by atoms with E-state index < -0.39 is 31.6 Å². The second-order valence-electron chi connectivity index (χ2n) is 15.9. The Bertz CT molecular complexity index is 2510. The van der Waals surface area contributed by atoms with E-state index in [1.165, 1.54) is 0 Å². The highest BCUT2D eigenvalue weighted by atomic mass is 28.4. The average molecular weight is 794 g/mol. The van der Waals surface area contributed by atoms with Crippen LogP contribution in [0, 0.1) is 5.92 Å². The molecule has 0 saturated carbocycles. The standard InChI is InChI=1S/C46H44FN5O5Si/c1-30-43(58(2,3)47)42(24-25-50-28-37(48-49-50)35(29-53)32-15-5-4-6-16-32)57-46(30)36-19-8-9-20-38(36)51(45(46)55)27-31-14-13-17-33(26-31)52-39-21-10-12-23-41(39)56-40-22-11-7-18-34(40)44(52)54/h4-23,26,28,30,35,42-43,53H,24-25,27,29H2,1-3H3/t30-,35?,42+,43-,46+/m0/s1. The van der Waals surface area contributed by atoms with E-state index in [0.717, 1.165) is 22.4 Å². The predicted molar refractivity (Wildman–Crippen MR) is 222 cm³/mol. The van der Waals surface area contributed by atoms with Gasteiger partial charge in [0.1, 0.15) is 5.75 Å². The maximum atomic E-state index is 16.6. The van der Waals surface area contributed by atoms with Crippen molar-refractivity contribution in [3.8, 4) is 11.5 Å². The topological polar surface area (TPSA) is 110 Å². The molecule has 1 aromatic heterocycles. The summed E-state index contributed by atoms with van der Waals surface area (Å²) < 4.78 is 31.5. The molecule has 0 radical (unpaired) electrons. The maximum Gasteiger partial charge on any atom is 0.266 e. The number of hydrogen-bond acceptors (Lipinski definition) is 7. The summed E-state index contributed by atoms with van der Waals surface area (Å²) in [6, 6.07) is 39.6. The zero-order chi connectivity index (χ0) is 40.2. The van der Waals surface area contributed by atoms with Crippen molar-refractivity contribution in [2.45, 2.75) is 62.7 Å². The summed E-state index contributed by atoms with van der Waals surface area (Å²) in [5.74, 6) is -0.199. The lowest BCUT2D eigenvalue weighted by Gasteiger charge is -2.31. The van der Waals surface area contributed by atoms with Crippen LogP contribution in [0.2, 0.25) is 18.6 Å². The van der Waals surface area contributed by atoms with Crippen molar-refractivity contribution in [2.75, 3.05) is 16.4 Å². The Kier molecular flexibility index (Phi) is 9.58. The van der Waals surface area contributed by atoms with Gasteiger partial charge in [-0.05, 0) is 73.1 Å². The Balaban J connectivity index is 1.01. The van der Waals surface area contributed by atoms with Gasteiger partial charge in [0.25, 0.3) is 11.8 Å². The SMILES string of the molecule is C[C@H]1[C@H]([Si](C)(C)F)[C@@H](CCn2cc(C(CO)c3ccccc3)nn2)O[C@]12C(=O)N(Cc1cccc(N3C(=O)c4ccccc4Oc4ccccc43)c1)c1ccccc12. The van der Waals surface area contributed by atoms with E-state index in [2.05, 4.69) is 10.3 Å². The highest BCUT2D eigenvalue weighted by Crippen LogP contribution is 2.60. The molecule has 0 bridgehead atoms. The molecule has 58 heavy (non-hydrogen) atoms. The molecule has 12 heteroatoms. The number of aryl methyl sites for hydroxylation is 1. The number of amides is 2. The fraction of sp³-hybridized carbons (Fsp3) is 0.261. The van der Waals surface area contributed by atoms with Crippen LogP contribution in [0.3, 0.4) is 0 Å². The van der Waals surface area contributed by atoms with Crippen LogP contribution >= 0.6 is 0 Å². The van der Waals surface area contributed by atoms with Gasteiger partial charge >= 0.3 is 0 Å². The predicted octanol–water partition coefficient (Wildman–Crippen LogP) is 8.90. The van der Waals surface area contributed by atoms with Crippen LogP contribution in [0.5, 0.6) is 11.5 Å². The fourth-order valence-corrected chi connectivity index (χ4v) is 11.9. The summed E-state index contributed by atoms with van der Waals surface area (Å²) >= 11 is 0. The normalized spacial score (nSPS) is 21.7. The summed E-state index contributed by atoms with van der Waals surface area (Å²) in [5, 5.41) is 18.9. The largest absolute Gasteiger partial charge is 0.454 e. The summed E-state index contributed by atoms with van der Waals surface area (Å²) in [5.41, 5.74) is 3.65. The number of para-hydroxylation sites is 4. The highest BCUT2D eigenvalue weighted by molar-refractivity contribution is 6.72. The van der Waals surface area contributed by atoms with E-state index in [0.29, 0.717) is 47.1 Å². The number of hydrogen-bond donors (Lipinski definition) is 1. The van der Waals surface area contributed by atoms with Crippen LogP contribution < -0.4 is 14.5 Å². The van der Waals surface area contributed by atoms with Gasteiger partial charge in [-0.15, -0.1) is 5.10 Å². The number of ether oxygens (including phenoxy) is 2. The van der Waals surface area contributed by atoms with Crippen LogP contribution in [-0.4, -0.2) is 53.0 Å². The summed E-state index contributed by atoms with van der Waals surface area (Å²) in [7, 11) is -3.40. The first-order valence-corrected chi connectivity index (χ1v) is 22.7. The number of aliphatic hydroxyl groups excluding tert-OH is 1. The van der Waals surface area contributed by atoms with Gasteiger partial charge in [0.05, 0.1) is 47.8 Å². The zero-order valence-corrected chi connectivity index (χ0v) is 33.5. The summed E-state index contributed by atoms with van der Waals surface area (Å²) in [6.07, 6.45) is 1.69. The number of fused-ring (bicyclic) bond motifs is 4. The molecule has 2 amide bonds. The van der Waals surface area contributed by atoms with Gasteiger partial charge in [-0.3, -0.25) is 19.2 Å². The minimum atomic E-state index is -3.40. The Labute approximate surface area is 337 Å². The number of nitrogens with zero attached hydrogens (tertiary/aromatic N) is 5. The van der Waals surface area contributed by atoms with E-state index in [9.17, 15) is 9.90 Å². The minimum Gasteiger partial charge on any atom is -0.454 e.